The Labute approximate surface area is 168 Å². The number of morpholine rings is 1. The predicted octanol–water partition coefficient (Wildman–Crippen LogP) is 2.99. The van der Waals surface area contributed by atoms with Crippen molar-refractivity contribution in [1.82, 2.24) is 15.1 Å². The van der Waals surface area contributed by atoms with Crippen molar-refractivity contribution in [3.63, 3.8) is 0 Å². The van der Waals surface area contributed by atoms with Gasteiger partial charge in [-0.1, -0.05) is 37.6 Å². The van der Waals surface area contributed by atoms with Crippen LogP contribution in [0.1, 0.15) is 32.8 Å². The van der Waals surface area contributed by atoms with Gasteiger partial charge in [0.25, 0.3) is 0 Å². The molecule has 0 bridgehead atoms. The Morgan fingerprint density at radius 2 is 2.07 bits per heavy atom. The van der Waals surface area contributed by atoms with Crippen LogP contribution >= 0.6 is 11.6 Å². The second kappa shape index (κ2) is 9.26. The molecular weight excluding hydrogens is 360 g/mol. The number of halogens is 1. The maximum Gasteiger partial charge on any atom is 0.193 e. The Bertz CT molecular complexity index is 643. The van der Waals surface area contributed by atoms with Crippen molar-refractivity contribution >= 4 is 17.6 Å². The van der Waals surface area contributed by atoms with Crippen LogP contribution in [0.3, 0.4) is 0 Å². The molecule has 2 heterocycles. The highest BCUT2D eigenvalue weighted by molar-refractivity contribution is 6.30. The van der Waals surface area contributed by atoms with E-state index in [2.05, 4.69) is 42.0 Å². The summed E-state index contributed by atoms with van der Waals surface area (Å²) < 4.78 is 5.50. The molecule has 1 N–H and O–H groups in total. The number of nitrogens with one attached hydrogen (secondary N) is 1. The van der Waals surface area contributed by atoms with E-state index in [1.54, 1.807) is 0 Å². The van der Waals surface area contributed by atoms with E-state index < -0.39 is 0 Å². The van der Waals surface area contributed by atoms with Crippen LogP contribution < -0.4 is 5.32 Å². The molecule has 2 aliphatic heterocycles. The highest BCUT2D eigenvalue weighted by Gasteiger charge is 2.30. The predicted molar refractivity (Wildman–Crippen MR) is 113 cm³/mol. The number of hydrogen-bond donors (Lipinski definition) is 1. The molecule has 5 nitrogen and oxygen atoms in total. The third-order valence-corrected chi connectivity index (χ3v) is 5.83. The van der Waals surface area contributed by atoms with Crippen molar-refractivity contribution in [1.29, 1.82) is 0 Å². The number of benzene rings is 1. The van der Waals surface area contributed by atoms with Crippen molar-refractivity contribution in [3.05, 3.63) is 34.9 Å². The summed E-state index contributed by atoms with van der Waals surface area (Å²) in [6, 6.07) is 8.73. The van der Waals surface area contributed by atoms with Gasteiger partial charge < -0.3 is 15.0 Å². The Balaban J connectivity index is 1.66. The van der Waals surface area contributed by atoms with Crippen LogP contribution in [0, 0.1) is 0 Å². The van der Waals surface area contributed by atoms with E-state index in [0.29, 0.717) is 6.04 Å². The topological polar surface area (TPSA) is 40.1 Å². The number of likely N-dealkylation sites (tertiary alicyclic amines) is 1. The summed E-state index contributed by atoms with van der Waals surface area (Å²) in [5.74, 6) is 1.03. The van der Waals surface area contributed by atoms with Gasteiger partial charge in [-0.3, -0.25) is 9.89 Å². The summed E-state index contributed by atoms with van der Waals surface area (Å²) >= 11 is 6.19. The molecule has 3 rings (SSSR count). The zero-order valence-corrected chi connectivity index (χ0v) is 17.6. The van der Waals surface area contributed by atoms with E-state index in [4.69, 9.17) is 21.3 Å². The van der Waals surface area contributed by atoms with Gasteiger partial charge in [0.15, 0.2) is 5.96 Å². The minimum Gasteiger partial charge on any atom is -0.379 e. The molecule has 1 aromatic rings. The molecule has 27 heavy (non-hydrogen) atoms. The minimum absolute atomic E-state index is 0.0606. The lowest BCUT2D eigenvalue weighted by Gasteiger charge is -2.32. The lowest BCUT2D eigenvalue weighted by molar-refractivity contribution is 0.0195. The molecule has 1 aromatic carbocycles. The second-order valence-electron chi connectivity index (χ2n) is 8.10. The summed E-state index contributed by atoms with van der Waals surface area (Å²) in [5, 5.41) is 4.27. The van der Waals surface area contributed by atoms with Crippen LogP contribution in [0.2, 0.25) is 5.02 Å². The standard InChI is InChI=1S/C21H33ClN4O/c1-4-23-20(24-16-21(2,3)17-6-5-7-18(22)14-17)26-9-8-19(15-26)25-10-12-27-13-11-25/h5-7,14,19H,4,8-13,15-16H2,1-3H3,(H,23,24). The van der Waals surface area contributed by atoms with Crippen LogP contribution in [-0.4, -0.2) is 74.3 Å². The molecule has 2 fully saturated rings. The zero-order valence-electron chi connectivity index (χ0n) is 16.9. The molecule has 2 saturated heterocycles. The quantitative estimate of drug-likeness (QED) is 0.617. The van der Waals surface area contributed by atoms with Crippen molar-refractivity contribution < 1.29 is 4.74 Å². The first-order chi connectivity index (χ1) is 13.0. The largest absolute Gasteiger partial charge is 0.379 e. The zero-order chi connectivity index (χ0) is 19.3. The van der Waals surface area contributed by atoms with Gasteiger partial charge in [-0.2, -0.15) is 0 Å². The molecule has 150 valence electrons. The molecule has 0 saturated carbocycles. The first kappa shape index (κ1) is 20.4. The fraction of sp³-hybridized carbons (Fsp3) is 0.667. The molecule has 1 unspecified atom stereocenters. The van der Waals surface area contributed by atoms with E-state index in [0.717, 1.165) is 63.5 Å². The maximum atomic E-state index is 6.19. The summed E-state index contributed by atoms with van der Waals surface area (Å²) in [6.07, 6.45) is 1.20. The third-order valence-electron chi connectivity index (χ3n) is 5.59. The normalized spacial score (nSPS) is 22.3. The number of aliphatic imine (C=N–C) groups is 1. The van der Waals surface area contributed by atoms with Crippen LogP contribution in [0.5, 0.6) is 0 Å². The van der Waals surface area contributed by atoms with Gasteiger partial charge in [0.2, 0.25) is 0 Å². The highest BCUT2D eigenvalue weighted by atomic mass is 35.5. The molecule has 0 spiro atoms. The van der Waals surface area contributed by atoms with Crippen LogP contribution in [0.15, 0.2) is 29.3 Å². The van der Waals surface area contributed by atoms with E-state index >= 15 is 0 Å². The monoisotopic (exact) mass is 392 g/mol. The van der Waals surface area contributed by atoms with Gasteiger partial charge in [0.1, 0.15) is 0 Å². The smallest absolute Gasteiger partial charge is 0.193 e. The van der Waals surface area contributed by atoms with Crippen LogP contribution in [-0.2, 0) is 10.2 Å². The summed E-state index contributed by atoms with van der Waals surface area (Å²) in [4.78, 5) is 9.98. The first-order valence-corrected chi connectivity index (χ1v) is 10.5. The summed E-state index contributed by atoms with van der Waals surface area (Å²) in [5.41, 5.74) is 1.16. The Morgan fingerprint density at radius 1 is 1.30 bits per heavy atom. The summed E-state index contributed by atoms with van der Waals surface area (Å²) in [7, 11) is 0. The Hall–Kier alpha value is -1.30. The third kappa shape index (κ3) is 5.37. The lowest BCUT2D eigenvalue weighted by atomic mass is 9.85. The maximum absolute atomic E-state index is 6.19. The molecule has 1 atom stereocenters. The van der Waals surface area contributed by atoms with Gasteiger partial charge >= 0.3 is 0 Å². The summed E-state index contributed by atoms with van der Waals surface area (Å²) in [6.45, 7) is 14.1. The number of rotatable bonds is 5. The van der Waals surface area contributed by atoms with Gasteiger partial charge in [-0.15, -0.1) is 0 Å². The fourth-order valence-corrected chi connectivity index (χ4v) is 4.06. The molecule has 0 aromatic heterocycles. The van der Waals surface area contributed by atoms with Crippen LogP contribution in [0.25, 0.3) is 0 Å². The fourth-order valence-electron chi connectivity index (χ4n) is 3.87. The van der Waals surface area contributed by atoms with Crippen LogP contribution in [0.4, 0.5) is 0 Å². The second-order valence-corrected chi connectivity index (χ2v) is 8.54. The van der Waals surface area contributed by atoms with Crippen molar-refractivity contribution in [3.8, 4) is 0 Å². The lowest BCUT2D eigenvalue weighted by Crippen LogP contribution is -2.47. The SMILES string of the molecule is CCNC(=NCC(C)(C)c1cccc(Cl)c1)N1CCC(N2CCOCC2)C1. The molecule has 0 radical (unpaired) electrons. The van der Waals surface area contributed by atoms with Gasteiger partial charge in [0, 0.05) is 49.2 Å². The molecule has 0 aliphatic carbocycles. The van der Waals surface area contributed by atoms with E-state index in [9.17, 15) is 0 Å². The Morgan fingerprint density at radius 3 is 2.78 bits per heavy atom. The molecular formula is C21H33ClN4O. The number of guanidine groups is 1. The number of hydrogen-bond acceptors (Lipinski definition) is 3. The molecule has 2 aliphatic rings. The van der Waals surface area contributed by atoms with Gasteiger partial charge in [-0.05, 0) is 31.0 Å². The number of nitrogens with zero attached hydrogens (tertiary/aromatic N) is 3. The van der Waals surface area contributed by atoms with Crippen molar-refractivity contribution in [2.45, 2.75) is 38.6 Å². The average Bonchev–Trinajstić information content (AvgIpc) is 3.16. The highest BCUT2D eigenvalue weighted by Crippen LogP contribution is 2.26. The number of ether oxygens (including phenoxy) is 1. The first-order valence-electron chi connectivity index (χ1n) is 10.1. The van der Waals surface area contributed by atoms with Crippen molar-refractivity contribution in [2.75, 3.05) is 52.5 Å². The van der Waals surface area contributed by atoms with Gasteiger partial charge in [-0.25, -0.2) is 0 Å². The average molecular weight is 393 g/mol. The van der Waals surface area contributed by atoms with Gasteiger partial charge in [0.05, 0.1) is 19.8 Å². The Kier molecular flexibility index (Phi) is 7.01. The van der Waals surface area contributed by atoms with Crippen molar-refractivity contribution in [2.24, 2.45) is 4.99 Å². The minimum atomic E-state index is -0.0606. The van der Waals surface area contributed by atoms with E-state index in [-0.39, 0.29) is 5.41 Å². The van der Waals surface area contributed by atoms with E-state index in [1.807, 2.05) is 18.2 Å². The molecule has 6 heteroatoms. The van der Waals surface area contributed by atoms with E-state index in [1.165, 1.54) is 12.0 Å². The molecule has 0 amide bonds.